The second-order valence-corrected chi connectivity index (χ2v) is 3.21. The maximum absolute atomic E-state index is 11.8. The summed E-state index contributed by atoms with van der Waals surface area (Å²) in [4.78, 5) is 20.4. The van der Waals surface area contributed by atoms with Crippen molar-refractivity contribution >= 4 is 11.7 Å². The van der Waals surface area contributed by atoms with Crippen LogP contribution in [0.4, 0.5) is 0 Å². The quantitative estimate of drug-likeness (QED) is 0.580. The van der Waals surface area contributed by atoms with Gasteiger partial charge in [0.15, 0.2) is 5.78 Å². The summed E-state index contributed by atoms with van der Waals surface area (Å²) in [5, 5.41) is 0. The van der Waals surface area contributed by atoms with E-state index in [0.29, 0.717) is 0 Å². The molecule has 84 valence electrons. The number of ketones is 1. The smallest absolute Gasteiger partial charge is 0.193 e. The van der Waals surface area contributed by atoms with Crippen LogP contribution in [0.1, 0.15) is 15.9 Å². The molecule has 0 aliphatic carbocycles. The fraction of sp³-hybridized carbons (Fsp3) is 0. The fourth-order valence-corrected chi connectivity index (χ4v) is 1.35. The van der Waals surface area contributed by atoms with E-state index in [1.807, 2.05) is 60.7 Å². The van der Waals surface area contributed by atoms with Crippen LogP contribution in [0.25, 0.3) is 0 Å². The highest BCUT2D eigenvalue weighted by Gasteiger charge is 2.06. The lowest BCUT2D eigenvalue weighted by Gasteiger charge is -1.99. The molecule has 0 aromatic heterocycles. The Balaban J connectivity index is 0.000000437. The first-order chi connectivity index (χ1) is 8.29. The third kappa shape index (κ3) is 3.90. The van der Waals surface area contributed by atoms with Gasteiger partial charge in [-0.1, -0.05) is 60.7 Å². The van der Waals surface area contributed by atoms with Crippen molar-refractivity contribution in [2.24, 2.45) is 0 Å². The molecule has 17 heavy (non-hydrogen) atoms. The largest absolute Gasteiger partial charge is 0.289 e. The van der Waals surface area contributed by atoms with Crippen LogP contribution >= 0.6 is 0 Å². The van der Waals surface area contributed by atoms with Gasteiger partial charge in [0.2, 0.25) is 0 Å². The van der Waals surface area contributed by atoms with Gasteiger partial charge in [0.05, 0.1) is 0 Å². The average molecular weight is 224 g/mol. The molecular weight excluding hydrogens is 212 g/mol. The standard InChI is InChI=1S/C13H10O.C2H2O/c14-13(11-7-3-1-4-8-11)12-9-5-2-6-10-12;1-2-3/h1-10H;1H2. The highest BCUT2D eigenvalue weighted by molar-refractivity contribution is 6.08. The van der Waals surface area contributed by atoms with E-state index in [4.69, 9.17) is 4.79 Å². The minimum atomic E-state index is 0.0752. The monoisotopic (exact) mass is 224 g/mol. The number of rotatable bonds is 2. The molecule has 2 aromatic rings. The van der Waals surface area contributed by atoms with E-state index in [-0.39, 0.29) is 5.78 Å². The van der Waals surface area contributed by atoms with Crippen LogP contribution in [0, 0.1) is 0 Å². The number of hydrogen-bond donors (Lipinski definition) is 0. The van der Waals surface area contributed by atoms with E-state index in [1.54, 1.807) is 0 Å². The molecule has 0 saturated heterocycles. The molecule has 0 aliphatic heterocycles. The second kappa shape index (κ2) is 6.94. The molecule has 0 bridgehead atoms. The van der Waals surface area contributed by atoms with Gasteiger partial charge < -0.3 is 0 Å². The van der Waals surface area contributed by atoms with Gasteiger partial charge in [-0.3, -0.25) is 4.79 Å². The average Bonchev–Trinajstić information content (AvgIpc) is 2.41. The predicted octanol–water partition coefficient (Wildman–Crippen LogP) is 2.92. The maximum atomic E-state index is 11.8. The van der Waals surface area contributed by atoms with Crippen molar-refractivity contribution in [2.75, 3.05) is 0 Å². The van der Waals surface area contributed by atoms with Gasteiger partial charge in [0.1, 0.15) is 5.94 Å². The molecule has 0 unspecified atom stereocenters. The Bertz CT molecular complexity index is 453. The molecule has 2 rings (SSSR count). The molecule has 0 amide bonds. The van der Waals surface area contributed by atoms with Crippen LogP contribution in [-0.2, 0) is 4.79 Å². The van der Waals surface area contributed by atoms with E-state index < -0.39 is 0 Å². The molecule has 0 heterocycles. The highest BCUT2D eigenvalue weighted by atomic mass is 16.1. The zero-order valence-corrected chi connectivity index (χ0v) is 9.30. The molecule has 0 spiro atoms. The van der Waals surface area contributed by atoms with Crippen LogP contribution < -0.4 is 0 Å². The zero-order valence-electron chi connectivity index (χ0n) is 9.30. The molecule has 2 aromatic carbocycles. The number of hydrogen-bond acceptors (Lipinski definition) is 2. The molecule has 0 saturated carbocycles. The summed E-state index contributed by atoms with van der Waals surface area (Å²) in [6.07, 6.45) is 0. The van der Waals surface area contributed by atoms with Crippen LogP contribution in [-0.4, -0.2) is 11.7 Å². The van der Waals surface area contributed by atoms with E-state index in [1.165, 1.54) is 5.94 Å². The van der Waals surface area contributed by atoms with Crippen molar-refractivity contribution in [1.29, 1.82) is 0 Å². The molecule has 2 heteroatoms. The van der Waals surface area contributed by atoms with Crippen LogP contribution in [0.15, 0.2) is 67.2 Å². The Kier molecular flexibility index (Phi) is 5.15. The molecule has 0 radical (unpaired) electrons. The first-order valence-electron chi connectivity index (χ1n) is 5.08. The lowest BCUT2D eigenvalue weighted by molar-refractivity contribution is 0.103. The van der Waals surface area contributed by atoms with Crippen molar-refractivity contribution in [3.63, 3.8) is 0 Å². The Hall–Kier alpha value is -2.44. The first-order valence-corrected chi connectivity index (χ1v) is 5.08. The van der Waals surface area contributed by atoms with Crippen molar-refractivity contribution in [2.45, 2.75) is 0 Å². The molecule has 0 aliphatic rings. The van der Waals surface area contributed by atoms with Gasteiger partial charge >= 0.3 is 0 Å². The molecule has 0 N–H and O–H groups in total. The van der Waals surface area contributed by atoms with Crippen LogP contribution in [0.5, 0.6) is 0 Å². The molecule has 0 atom stereocenters. The normalized spacial score (nSPS) is 8.47. The number of carbonyl (C=O) groups excluding carboxylic acids is 2. The lowest BCUT2D eigenvalue weighted by atomic mass is 10.0. The van der Waals surface area contributed by atoms with Gasteiger partial charge in [-0.25, -0.2) is 4.79 Å². The minimum Gasteiger partial charge on any atom is -0.289 e. The van der Waals surface area contributed by atoms with Gasteiger partial charge in [-0.05, 0) is 6.58 Å². The summed E-state index contributed by atoms with van der Waals surface area (Å²) >= 11 is 0. The second-order valence-electron chi connectivity index (χ2n) is 3.21. The van der Waals surface area contributed by atoms with Gasteiger partial charge in [-0.2, -0.15) is 0 Å². The lowest BCUT2D eigenvalue weighted by Crippen LogP contribution is -1.99. The predicted molar refractivity (Wildman–Crippen MR) is 67.6 cm³/mol. The topological polar surface area (TPSA) is 34.1 Å². The van der Waals surface area contributed by atoms with E-state index in [9.17, 15) is 4.79 Å². The zero-order chi connectivity index (χ0) is 12.5. The first kappa shape index (κ1) is 12.6. The summed E-state index contributed by atoms with van der Waals surface area (Å²) in [6, 6.07) is 18.6. The van der Waals surface area contributed by atoms with Crippen LogP contribution in [0.3, 0.4) is 0 Å². The van der Waals surface area contributed by atoms with E-state index >= 15 is 0 Å². The molecular formula is C15H12O2. The van der Waals surface area contributed by atoms with Crippen molar-refractivity contribution in [1.82, 2.24) is 0 Å². The van der Waals surface area contributed by atoms with Gasteiger partial charge in [0, 0.05) is 11.1 Å². The highest BCUT2D eigenvalue weighted by Crippen LogP contribution is 2.08. The summed E-state index contributed by atoms with van der Waals surface area (Å²) in [5.41, 5.74) is 1.47. The minimum absolute atomic E-state index is 0.0752. The van der Waals surface area contributed by atoms with Gasteiger partial charge in [-0.15, -0.1) is 0 Å². The fourth-order valence-electron chi connectivity index (χ4n) is 1.35. The summed E-state index contributed by atoms with van der Waals surface area (Å²) in [7, 11) is 0. The molecule has 0 fully saturated rings. The Morgan fingerprint density at radius 2 is 1.12 bits per heavy atom. The number of benzene rings is 2. The summed E-state index contributed by atoms with van der Waals surface area (Å²) in [5.74, 6) is 1.33. The third-order valence-electron chi connectivity index (χ3n) is 2.07. The third-order valence-corrected chi connectivity index (χ3v) is 2.07. The van der Waals surface area contributed by atoms with Crippen molar-refractivity contribution in [3.8, 4) is 0 Å². The van der Waals surface area contributed by atoms with Crippen molar-refractivity contribution in [3.05, 3.63) is 78.4 Å². The Labute approximate surface area is 100 Å². The summed E-state index contributed by atoms with van der Waals surface area (Å²) in [6.45, 7) is 2.68. The SMILES string of the molecule is C=C=O.O=C(c1ccccc1)c1ccccc1. The van der Waals surface area contributed by atoms with Gasteiger partial charge in [0.25, 0.3) is 0 Å². The molecule has 2 nitrogen and oxygen atoms in total. The maximum Gasteiger partial charge on any atom is 0.193 e. The van der Waals surface area contributed by atoms with E-state index in [2.05, 4.69) is 6.58 Å². The van der Waals surface area contributed by atoms with Crippen LogP contribution in [0.2, 0.25) is 0 Å². The van der Waals surface area contributed by atoms with E-state index in [0.717, 1.165) is 11.1 Å². The Morgan fingerprint density at radius 3 is 1.41 bits per heavy atom. The summed E-state index contributed by atoms with van der Waals surface area (Å²) < 4.78 is 0. The number of carbonyl (C=O) groups is 1. The van der Waals surface area contributed by atoms with Crippen molar-refractivity contribution < 1.29 is 9.59 Å². The Morgan fingerprint density at radius 1 is 0.824 bits per heavy atom.